The summed E-state index contributed by atoms with van der Waals surface area (Å²) in [5.41, 5.74) is 1.16. The van der Waals surface area contributed by atoms with Gasteiger partial charge in [0.05, 0.1) is 5.02 Å². The minimum Gasteiger partial charge on any atom is -0.353 e. The molecular formula is C17H28ClN3. The van der Waals surface area contributed by atoms with E-state index in [2.05, 4.69) is 42.0 Å². The number of hydrogen-bond acceptors (Lipinski definition) is 3. The third-order valence-electron chi connectivity index (χ3n) is 4.09. The van der Waals surface area contributed by atoms with E-state index in [-0.39, 0.29) is 0 Å². The second-order valence-electron chi connectivity index (χ2n) is 6.57. The molecule has 0 saturated carbocycles. The van der Waals surface area contributed by atoms with Gasteiger partial charge in [-0.05, 0) is 43.9 Å². The lowest BCUT2D eigenvalue weighted by Crippen LogP contribution is -2.33. The molecule has 0 spiro atoms. The minimum atomic E-state index is 0.530. The average Bonchev–Trinajstić information content (AvgIpc) is 2.63. The fourth-order valence-electron chi connectivity index (χ4n) is 2.87. The SMILES string of the molecule is CC(C)CNCc1cnc(N2CCCCCC2C)c(Cl)c1. The van der Waals surface area contributed by atoms with Crippen LogP contribution in [0.3, 0.4) is 0 Å². The Bertz CT molecular complexity index is 448. The van der Waals surface area contributed by atoms with E-state index in [0.717, 1.165) is 36.0 Å². The van der Waals surface area contributed by atoms with Crippen LogP contribution in [0.2, 0.25) is 5.02 Å². The number of anilines is 1. The topological polar surface area (TPSA) is 28.2 Å². The van der Waals surface area contributed by atoms with Crippen molar-refractivity contribution in [2.45, 2.75) is 59.0 Å². The number of nitrogens with zero attached hydrogens (tertiary/aromatic N) is 2. The molecule has 1 N–H and O–H groups in total. The molecule has 1 saturated heterocycles. The summed E-state index contributed by atoms with van der Waals surface area (Å²) in [5.74, 6) is 1.62. The number of pyridine rings is 1. The standard InChI is InChI=1S/C17H28ClN3/c1-13(2)10-19-11-15-9-16(18)17(20-12-15)21-8-6-4-5-7-14(21)3/h9,12-14,19H,4-8,10-11H2,1-3H3. The quantitative estimate of drug-likeness (QED) is 0.881. The molecule has 2 rings (SSSR count). The van der Waals surface area contributed by atoms with Gasteiger partial charge in [-0.3, -0.25) is 0 Å². The number of nitrogens with one attached hydrogen (secondary N) is 1. The smallest absolute Gasteiger partial charge is 0.147 e. The van der Waals surface area contributed by atoms with E-state index in [1.54, 1.807) is 0 Å². The first kappa shape index (κ1) is 16.6. The van der Waals surface area contributed by atoms with Crippen LogP contribution in [0.5, 0.6) is 0 Å². The zero-order valence-corrected chi connectivity index (χ0v) is 14.3. The van der Waals surface area contributed by atoms with Crippen molar-refractivity contribution >= 4 is 17.4 Å². The highest BCUT2D eigenvalue weighted by atomic mass is 35.5. The first-order valence-electron chi connectivity index (χ1n) is 8.19. The lowest BCUT2D eigenvalue weighted by molar-refractivity contribution is 0.551. The van der Waals surface area contributed by atoms with Gasteiger partial charge in [-0.15, -0.1) is 0 Å². The molecule has 1 fully saturated rings. The Labute approximate surface area is 134 Å². The summed E-state index contributed by atoms with van der Waals surface area (Å²) >= 11 is 6.49. The average molecular weight is 310 g/mol. The first-order chi connectivity index (χ1) is 10.1. The third kappa shape index (κ3) is 4.86. The van der Waals surface area contributed by atoms with Crippen LogP contribution in [-0.4, -0.2) is 24.1 Å². The van der Waals surface area contributed by atoms with E-state index in [1.807, 2.05) is 6.20 Å². The maximum absolute atomic E-state index is 6.49. The van der Waals surface area contributed by atoms with Gasteiger partial charge < -0.3 is 10.2 Å². The zero-order chi connectivity index (χ0) is 15.2. The Morgan fingerprint density at radius 1 is 1.38 bits per heavy atom. The van der Waals surface area contributed by atoms with E-state index >= 15 is 0 Å². The van der Waals surface area contributed by atoms with Crippen molar-refractivity contribution in [3.63, 3.8) is 0 Å². The van der Waals surface area contributed by atoms with Gasteiger partial charge in [-0.25, -0.2) is 4.98 Å². The molecule has 1 atom stereocenters. The number of rotatable bonds is 5. The molecule has 0 amide bonds. The lowest BCUT2D eigenvalue weighted by atomic mass is 10.1. The summed E-state index contributed by atoms with van der Waals surface area (Å²) in [6.07, 6.45) is 7.06. The Morgan fingerprint density at radius 3 is 2.90 bits per heavy atom. The molecule has 1 aliphatic rings. The highest BCUT2D eigenvalue weighted by Gasteiger charge is 2.20. The van der Waals surface area contributed by atoms with Crippen LogP contribution in [0, 0.1) is 5.92 Å². The molecule has 0 aliphatic carbocycles. The van der Waals surface area contributed by atoms with E-state index in [9.17, 15) is 0 Å². The maximum Gasteiger partial charge on any atom is 0.147 e. The van der Waals surface area contributed by atoms with Crippen molar-refractivity contribution in [3.05, 3.63) is 22.8 Å². The zero-order valence-electron chi connectivity index (χ0n) is 13.5. The largest absolute Gasteiger partial charge is 0.353 e. The lowest BCUT2D eigenvalue weighted by Gasteiger charge is -2.29. The van der Waals surface area contributed by atoms with E-state index in [0.29, 0.717) is 12.0 Å². The van der Waals surface area contributed by atoms with Gasteiger partial charge in [0.25, 0.3) is 0 Å². The summed E-state index contributed by atoms with van der Waals surface area (Å²) in [6.45, 7) is 9.62. The molecular weight excluding hydrogens is 282 g/mol. The number of aromatic nitrogens is 1. The molecule has 21 heavy (non-hydrogen) atoms. The van der Waals surface area contributed by atoms with Crippen LogP contribution in [0.4, 0.5) is 5.82 Å². The predicted octanol–water partition coefficient (Wildman–Crippen LogP) is 4.25. The van der Waals surface area contributed by atoms with Crippen molar-refractivity contribution in [1.82, 2.24) is 10.3 Å². The van der Waals surface area contributed by atoms with Gasteiger partial charge in [0, 0.05) is 25.3 Å². The molecule has 1 unspecified atom stereocenters. The van der Waals surface area contributed by atoms with Gasteiger partial charge in [0.15, 0.2) is 0 Å². The van der Waals surface area contributed by atoms with Crippen LogP contribution in [0.15, 0.2) is 12.3 Å². The van der Waals surface area contributed by atoms with Gasteiger partial charge in [-0.2, -0.15) is 0 Å². The molecule has 4 heteroatoms. The van der Waals surface area contributed by atoms with Crippen molar-refractivity contribution in [3.8, 4) is 0 Å². The van der Waals surface area contributed by atoms with Crippen LogP contribution >= 0.6 is 11.6 Å². The molecule has 0 aromatic carbocycles. The minimum absolute atomic E-state index is 0.530. The monoisotopic (exact) mass is 309 g/mol. The number of hydrogen-bond donors (Lipinski definition) is 1. The summed E-state index contributed by atoms with van der Waals surface area (Å²) in [7, 11) is 0. The van der Waals surface area contributed by atoms with Crippen molar-refractivity contribution < 1.29 is 0 Å². The van der Waals surface area contributed by atoms with E-state index in [1.165, 1.54) is 25.7 Å². The molecule has 3 nitrogen and oxygen atoms in total. The summed E-state index contributed by atoms with van der Waals surface area (Å²) in [6, 6.07) is 2.59. The predicted molar refractivity (Wildman–Crippen MR) is 91.1 cm³/mol. The van der Waals surface area contributed by atoms with Crippen LogP contribution in [0.1, 0.15) is 52.0 Å². The van der Waals surface area contributed by atoms with Crippen molar-refractivity contribution in [1.29, 1.82) is 0 Å². The summed E-state index contributed by atoms with van der Waals surface area (Å²) < 4.78 is 0. The molecule has 1 aromatic rings. The van der Waals surface area contributed by atoms with Crippen LogP contribution in [0.25, 0.3) is 0 Å². The normalized spacial score (nSPS) is 19.9. The van der Waals surface area contributed by atoms with Gasteiger partial charge >= 0.3 is 0 Å². The Kier molecular flexibility index (Phi) is 6.31. The van der Waals surface area contributed by atoms with Crippen LogP contribution < -0.4 is 10.2 Å². The van der Waals surface area contributed by atoms with Crippen molar-refractivity contribution in [2.75, 3.05) is 18.0 Å². The van der Waals surface area contributed by atoms with Gasteiger partial charge in [-0.1, -0.05) is 38.3 Å². The molecule has 1 aliphatic heterocycles. The fraction of sp³-hybridized carbons (Fsp3) is 0.706. The van der Waals surface area contributed by atoms with Crippen molar-refractivity contribution in [2.24, 2.45) is 5.92 Å². The summed E-state index contributed by atoms with van der Waals surface area (Å²) in [5, 5.41) is 4.22. The molecule has 0 radical (unpaired) electrons. The maximum atomic E-state index is 6.49. The van der Waals surface area contributed by atoms with Gasteiger partial charge in [0.1, 0.15) is 5.82 Å². The Morgan fingerprint density at radius 2 is 2.19 bits per heavy atom. The summed E-state index contributed by atoms with van der Waals surface area (Å²) in [4.78, 5) is 7.02. The highest BCUT2D eigenvalue weighted by molar-refractivity contribution is 6.33. The second kappa shape index (κ2) is 8.00. The third-order valence-corrected chi connectivity index (χ3v) is 4.36. The first-order valence-corrected chi connectivity index (χ1v) is 8.57. The molecule has 118 valence electrons. The second-order valence-corrected chi connectivity index (χ2v) is 6.97. The highest BCUT2D eigenvalue weighted by Crippen LogP contribution is 2.29. The molecule has 0 bridgehead atoms. The molecule has 2 heterocycles. The molecule has 1 aromatic heterocycles. The van der Waals surface area contributed by atoms with E-state index < -0.39 is 0 Å². The fourth-order valence-corrected chi connectivity index (χ4v) is 3.17. The Balaban J connectivity index is 2.04. The van der Waals surface area contributed by atoms with Gasteiger partial charge in [0.2, 0.25) is 0 Å². The van der Waals surface area contributed by atoms with Crippen LogP contribution in [-0.2, 0) is 6.54 Å². The van der Waals surface area contributed by atoms with E-state index in [4.69, 9.17) is 11.6 Å². The number of halogens is 1. The Hall–Kier alpha value is -0.800.